The molecule has 3 amide bonds. The molecule has 2 unspecified atom stereocenters. The lowest BCUT2D eigenvalue weighted by atomic mass is 9.72. The van der Waals surface area contributed by atoms with Crippen molar-refractivity contribution in [2.75, 3.05) is 20.1 Å². The van der Waals surface area contributed by atoms with Gasteiger partial charge in [-0.2, -0.15) is 0 Å². The molecule has 2 rings (SSSR count). The Morgan fingerprint density at radius 1 is 0.837 bits per heavy atom. The van der Waals surface area contributed by atoms with E-state index in [0.717, 1.165) is 25.7 Å². The normalized spacial score (nSPS) is 24.7. The van der Waals surface area contributed by atoms with Crippen molar-refractivity contribution in [3.63, 3.8) is 0 Å². The minimum atomic E-state index is -0.876. The molecule has 0 spiro atoms. The average Bonchev–Trinajstić information content (AvgIpc) is 2.91. The number of carbonyl (C=O) groups excluding carboxylic acids is 3. The molecule has 0 aliphatic carbocycles. The van der Waals surface area contributed by atoms with Crippen LogP contribution in [0.3, 0.4) is 0 Å². The van der Waals surface area contributed by atoms with E-state index in [1.807, 2.05) is 39.6 Å². The predicted octanol–water partition coefficient (Wildman–Crippen LogP) is 5.48. The maximum Gasteiger partial charge on any atom is 0.246 e. The van der Waals surface area contributed by atoms with Gasteiger partial charge in [0.25, 0.3) is 0 Å². The molecule has 0 saturated carbocycles. The molecular formula is C35H67N5O3. The molecule has 0 aromatic carbocycles. The number of hydrogen-bond donors (Lipinski definition) is 3. The summed E-state index contributed by atoms with van der Waals surface area (Å²) in [5.74, 6) is -0.325. The van der Waals surface area contributed by atoms with Gasteiger partial charge in [-0.3, -0.25) is 14.4 Å². The van der Waals surface area contributed by atoms with Crippen molar-refractivity contribution in [2.45, 2.75) is 164 Å². The number of rotatable bonds is 9. The molecule has 0 aromatic rings. The van der Waals surface area contributed by atoms with E-state index in [1.165, 1.54) is 0 Å². The fourth-order valence-corrected chi connectivity index (χ4v) is 7.51. The van der Waals surface area contributed by atoms with Crippen LogP contribution in [0.1, 0.15) is 135 Å². The zero-order chi connectivity index (χ0) is 33.6. The van der Waals surface area contributed by atoms with E-state index in [4.69, 9.17) is 5.73 Å². The summed E-state index contributed by atoms with van der Waals surface area (Å²) < 4.78 is 0. The molecule has 2 aliphatic heterocycles. The summed E-state index contributed by atoms with van der Waals surface area (Å²) in [5, 5.41) is 6.62. The van der Waals surface area contributed by atoms with E-state index >= 15 is 0 Å². The van der Waals surface area contributed by atoms with Crippen molar-refractivity contribution >= 4 is 17.7 Å². The summed E-state index contributed by atoms with van der Waals surface area (Å²) in [4.78, 5) is 46.9. The number of nitrogens with two attached hydrogens (primary N) is 1. The maximum atomic E-state index is 14.9. The first-order chi connectivity index (χ1) is 19.1. The molecule has 250 valence electrons. The van der Waals surface area contributed by atoms with Crippen LogP contribution in [0.25, 0.3) is 0 Å². The summed E-state index contributed by atoms with van der Waals surface area (Å²) in [5.41, 5.74) is 3.92. The number of nitrogens with zero attached hydrogens (tertiary/aromatic N) is 2. The second-order valence-electron chi connectivity index (χ2n) is 18.6. The van der Waals surface area contributed by atoms with Gasteiger partial charge in [-0.15, -0.1) is 0 Å². The zero-order valence-corrected chi connectivity index (χ0v) is 30.5. The number of nitrogens with one attached hydrogen (secondary N) is 2. The van der Waals surface area contributed by atoms with Gasteiger partial charge in [0.2, 0.25) is 17.7 Å². The van der Waals surface area contributed by atoms with E-state index < -0.39 is 28.6 Å². The van der Waals surface area contributed by atoms with Crippen LogP contribution in [-0.4, -0.2) is 76.4 Å². The van der Waals surface area contributed by atoms with Crippen LogP contribution >= 0.6 is 0 Å². The minimum absolute atomic E-state index is 0.0389. The number of likely N-dealkylation sites (tertiary alicyclic amines) is 2. The van der Waals surface area contributed by atoms with Crippen LogP contribution in [0.4, 0.5) is 0 Å². The molecule has 8 heteroatoms. The van der Waals surface area contributed by atoms with Crippen molar-refractivity contribution < 1.29 is 14.4 Å². The summed E-state index contributed by atoms with van der Waals surface area (Å²) in [6.45, 7) is 30.1. The monoisotopic (exact) mass is 606 g/mol. The number of piperidine rings is 1. The lowest BCUT2D eigenvalue weighted by molar-refractivity contribution is -0.164. The quantitative estimate of drug-likeness (QED) is 0.323. The van der Waals surface area contributed by atoms with Crippen molar-refractivity contribution in [2.24, 2.45) is 27.4 Å². The highest BCUT2D eigenvalue weighted by molar-refractivity contribution is 5.94. The summed E-state index contributed by atoms with van der Waals surface area (Å²) in [6, 6.07) is -1.24. The highest BCUT2D eigenvalue weighted by atomic mass is 16.2. The van der Waals surface area contributed by atoms with Crippen molar-refractivity contribution in [1.82, 2.24) is 20.4 Å². The largest absolute Gasteiger partial charge is 0.354 e. The molecule has 2 heterocycles. The lowest BCUT2D eigenvalue weighted by Gasteiger charge is -2.51. The highest BCUT2D eigenvalue weighted by Gasteiger charge is 2.53. The summed E-state index contributed by atoms with van der Waals surface area (Å²) in [7, 11) is 1.96. The third kappa shape index (κ3) is 8.96. The number of carbonyl (C=O) groups is 3. The Morgan fingerprint density at radius 2 is 1.35 bits per heavy atom. The summed E-state index contributed by atoms with van der Waals surface area (Å²) in [6.07, 6.45) is 4.46. The summed E-state index contributed by atoms with van der Waals surface area (Å²) >= 11 is 0. The standard InChI is InChI=1S/C35H67N5O3/c1-29(2)18-16-24(26(41)38-22-31(5,6)20-32(7,8)37-15)40(33(9,10)21-29)27(42)25-17-19-30(3,4)23-39(25)28(43)34(11,12)35(13,14)36/h24-25,37H,16-23,36H2,1-15H3,(H,38,41). The van der Waals surface area contributed by atoms with Crippen LogP contribution in [0.15, 0.2) is 0 Å². The molecule has 2 aliphatic rings. The van der Waals surface area contributed by atoms with Gasteiger partial charge in [0.1, 0.15) is 12.1 Å². The van der Waals surface area contributed by atoms with Gasteiger partial charge in [0.05, 0.1) is 5.41 Å². The van der Waals surface area contributed by atoms with Gasteiger partial charge in [-0.1, -0.05) is 41.5 Å². The Bertz CT molecular complexity index is 1030. The van der Waals surface area contributed by atoms with Gasteiger partial charge in [0, 0.05) is 29.7 Å². The Morgan fingerprint density at radius 3 is 1.86 bits per heavy atom. The highest BCUT2D eigenvalue weighted by Crippen LogP contribution is 2.44. The van der Waals surface area contributed by atoms with Crippen LogP contribution in [0.5, 0.6) is 0 Å². The second kappa shape index (κ2) is 12.3. The van der Waals surface area contributed by atoms with Crippen molar-refractivity contribution in [1.29, 1.82) is 0 Å². The topological polar surface area (TPSA) is 108 Å². The first-order valence-electron chi connectivity index (χ1n) is 16.5. The predicted molar refractivity (Wildman–Crippen MR) is 177 cm³/mol. The van der Waals surface area contributed by atoms with Gasteiger partial charge in [-0.25, -0.2) is 0 Å². The van der Waals surface area contributed by atoms with Crippen LogP contribution < -0.4 is 16.4 Å². The molecule has 0 bridgehead atoms. The molecule has 0 aromatic heterocycles. The van der Waals surface area contributed by atoms with Gasteiger partial charge >= 0.3 is 0 Å². The first kappa shape index (κ1) is 37.5. The third-order valence-corrected chi connectivity index (χ3v) is 10.6. The Kier molecular flexibility index (Phi) is 10.7. The fourth-order valence-electron chi connectivity index (χ4n) is 7.51. The van der Waals surface area contributed by atoms with E-state index in [-0.39, 0.29) is 39.5 Å². The van der Waals surface area contributed by atoms with E-state index in [1.54, 1.807) is 4.90 Å². The molecule has 2 atom stereocenters. The van der Waals surface area contributed by atoms with E-state index in [2.05, 4.69) is 79.9 Å². The molecule has 43 heavy (non-hydrogen) atoms. The second-order valence-corrected chi connectivity index (χ2v) is 18.6. The number of amides is 3. The van der Waals surface area contributed by atoms with Gasteiger partial charge in [-0.05, 0) is 117 Å². The molecule has 4 N–H and O–H groups in total. The zero-order valence-electron chi connectivity index (χ0n) is 30.5. The van der Waals surface area contributed by atoms with Crippen LogP contribution in [0, 0.1) is 21.7 Å². The molecular weight excluding hydrogens is 538 g/mol. The van der Waals surface area contributed by atoms with Crippen molar-refractivity contribution in [3.05, 3.63) is 0 Å². The van der Waals surface area contributed by atoms with Crippen LogP contribution in [-0.2, 0) is 14.4 Å². The Labute approximate surface area is 264 Å². The molecule has 2 fully saturated rings. The first-order valence-corrected chi connectivity index (χ1v) is 16.5. The van der Waals surface area contributed by atoms with Crippen LogP contribution in [0.2, 0.25) is 0 Å². The molecule has 8 nitrogen and oxygen atoms in total. The average molecular weight is 606 g/mol. The van der Waals surface area contributed by atoms with E-state index in [0.29, 0.717) is 25.9 Å². The molecule has 2 saturated heterocycles. The van der Waals surface area contributed by atoms with Gasteiger partial charge in [0.15, 0.2) is 0 Å². The van der Waals surface area contributed by atoms with Crippen molar-refractivity contribution in [3.8, 4) is 0 Å². The number of hydrogen-bond acceptors (Lipinski definition) is 5. The van der Waals surface area contributed by atoms with Gasteiger partial charge < -0.3 is 26.2 Å². The minimum Gasteiger partial charge on any atom is -0.354 e. The lowest BCUT2D eigenvalue weighted by Crippen LogP contribution is -2.67. The molecule has 0 radical (unpaired) electrons. The third-order valence-electron chi connectivity index (χ3n) is 10.6. The Balaban J connectivity index is 2.52. The maximum absolute atomic E-state index is 14.9. The SMILES string of the molecule is CNC(C)(C)CC(C)(C)CNC(=O)C1CCC(C)(C)CC(C)(C)N1C(=O)C1CCC(C)(C)CN1C(=O)C(C)(C)C(C)(C)N. The Hall–Kier alpha value is -1.67. The smallest absolute Gasteiger partial charge is 0.246 e. The fraction of sp³-hybridized carbons (Fsp3) is 0.914. The van der Waals surface area contributed by atoms with E-state index in [9.17, 15) is 14.4 Å².